The molecule has 0 atom stereocenters. The minimum Gasteiger partial charge on any atom is -0.447 e. The SMILES string of the molecule is CN[CH]c1ncco1. The van der Waals surface area contributed by atoms with E-state index in [2.05, 4.69) is 10.3 Å². The Hall–Kier alpha value is -0.830. The molecule has 0 saturated carbocycles. The minimum absolute atomic E-state index is 0.604. The van der Waals surface area contributed by atoms with Crippen LogP contribution in [-0.4, -0.2) is 12.0 Å². The van der Waals surface area contributed by atoms with Gasteiger partial charge in [0, 0.05) is 0 Å². The van der Waals surface area contributed by atoms with Gasteiger partial charge in [0.05, 0.1) is 6.20 Å². The maximum atomic E-state index is 4.84. The molecule has 1 heterocycles. The highest BCUT2D eigenvalue weighted by molar-refractivity contribution is 4.91. The fraction of sp³-hybridized carbons (Fsp3) is 0.200. The zero-order chi connectivity index (χ0) is 5.82. The third-order valence-electron chi connectivity index (χ3n) is 0.719. The van der Waals surface area contributed by atoms with Gasteiger partial charge in [-0.1, -0.05) is 0 Å². The Labute approximate surface area is 47.7 Å². The van der Waals surface area contributed by atoms with Gasteiger partial charge in [-0.05, 0) is 7.05 Å². The summed E-state index contributed by atoms with van der Waals surface area (Å²) in [4.78, 5) is 3.82. The first-order valence-electron chi connectivity index (χ1n) is 2.33. The monoisotopic (exact) mass is 111 g/mol. The summed E-state index contributed by atoms with van der Waals surface area (Å²) in [6, 6.07) is 0. The zero-order valence-electron chi connectivity index (χ0n) is 4.59. The predicted molar refractivity (Wildman–Crippen MR) is 29.0 cm³/mol. The van der Waals surface area contributed by atoms with Crippen molar-refractivity contribution in [1.82, 2.24) is 10.3 Å². The van der Waals surface area contributed by atoms with Crippen LogP contribution in [0.25, 0.3) is 0 Å². The standard InChI is InChI=1S/C5H7N2O/c1-6-4-5-7-2-3-8-5/h2-4,6H,1H3. The molecule has 0 spiro atoms. The van der Waals surface area contributed by atoms with Crippen molar-refractivity contribution in [3.8, 4) is 0 Å². The normalized spacial score (nSPS) is 9.62. The van der Waals surface area contributed by atoms with Crippen molar-refractivity contribution in [3.63, 3.8) is 0 Å². The van der Waals surface area contributed by atoms with E-state index in [9.17, 15) is 0 Å². The first-order valence-corrected chi connectivity index (χ1v) is 2.33. The quantitative estimate of drug-likeness (QED) is 0.600. The molecule has 0 aliphatic carbocycles. The molecule has 43 valence electrons. The van der Waals surface area contributed by atoms with Gasteiger partial charge in [-0.2, -0.15) is 0 Å². The van der Waals surface area contributed by atoms with Crippen LogP contribution in [0.1, 0.15) is 5.89 Å². The maximum absolute atomic E-state index is 4.84. The highest BCUT2D eigenvalue weighted by atomic mass is 16.3. The molecule has 8 heavy (non-hydrogen) atoms. The van der Waals surface area contributed by atoms with Crippen LogP contribution in [0.3, 0.4) is 0 Å². The molecule has 1 aromatic heterocycles. The molecule has 0 fully saturated rings. The zero-order valence-corrected chi connectivity index (χ0v) is 4.59. The third kappa shape index (κ3) is 1.07. The number of oxazole rings is 1. The van der Waals surface area contributed by atoms with E-state index in [1.807, 2.05) is 0 Å². The summed E-state index contributed by atoms with van der Waals surface area (Å²) in [6.07, 6.45) is 3.13. The lowest BCUT2D eigenvalue weighted by Crippen LogP contribution is -2.01. The van der Waals surface area contributed by atoms with Crippen LogP contribution in [-0.2, 0) is 0 Å². The molecule has 0 aliphatic heterocycles. The fourth-order valence-electron chi connectivity index (χ4n) is 0.429. The van der Waals surface area contributed by atoms with E-state index in [0.29, 0.717) is 5.89 Å². The minimum atomic E-state index is 0.604. The number of nitrogens with one attached hydrogen (secondary N) is 1. The highest BCUT2D eigenvalue weighted by Crippen LogP contribution is 1.92. The second-order valence-electron chi connectivity index (χ2n) is 1.30. The van der Waals surface area contributed by atoms with Crippen molar-refractivity contribution in [2.24, 2.45) is 0 Å². The second-order valence-corrected chi connectivity index (χ2v) is 1.30. The van der Waals surface area contributed by atoms with Crippen molar-refractivity contribution < 1.29 is 4.42 Å². The number of aromatic nitrogens is 1. The summed E-state index contributed by atoms with van der Waals surface area (Å²) in [7, 11) is 1.80. The van der Waals surface area contributed by atoms with Crippen LogP contribution < -0.4 is 5.32 Å². The van der Waals surface area contributed by atoms with E-state index in [1.165, 1.54) is 6.26 Å². The smallest absolute Gasteiger partial charge is 0.213 e. The van der Waals surface area contributed by atoms with Crippen molar-refractivity contribution in [2.75, 3.05) is 7.05 Å². The summed E-state index contributed by atoms with van der Waals surface area (Å²) in [5.74, 6) is 0.604. The molecular weight excluding hydrogens is 104 g/mol. The summed E-state index contributed by atoms with van der Waals surface area (Å²) in [5.41, 5.74) is 0. The lowest BCUT2D eigenvalue weighted by molar-refractivity contribution is 0.520. The third-order valence-corrected chi connectivity index (χ3v) is 0.719. The molecule has 1 radical (unpaired) electrons. The van der Waals surface area contributed by atoms with Gasteiger partial charge in [0.15, 0.2) is 0 Å². The van der Waals surface area contributed by atoms with Crippen molar-refractivity contribution in [1.29, 1.82) is 0 Å². The maximum Gasteiger partial charge on any atom is 0.213 e. The van der Waals surface area contributed by atoms with E-state index in [1.54, 1.807) is 19.8 Å². The predicted octanol–water partition coefficient (Wildman–Crippen LogP) is 0.404. The van der Waals surface area contributed by atoms with Gasteiger partial charge >= 0.3 is 0 Å². The van der Waals surface area contributed by atoms with Crippen LogP contribution in [0.5, 0.6) is 0 Å². The van der Waals surface area contributed by atoms with Gasteiger partial charge in [-0.3, -0.25) is 0 Å². The van der Waals surface area contributed by atoms with Crippen LogP contribution in [0.15, 0.2) is 16.9 Å². The molecule has 0 saturated heterocycles. The van der Waals surface area contributed by atoms with Crippen LogP contribution in [0, 0.1) is 6.54 Å². The molecule has 0 amide bonds. The molecule has 1 aromatic rings. The van der Waals surface area contributed by atoms with Gasteiger partial charge in [-0.15, -0.1) is 0 Å². The van der Waals surface area contributed by atoms with Gasteiger partial charge < -0.3 is 9.73 Å². The molecule has 1 N–H and O–H groups in total. The van der Waals surface area contributed by atoms with Gasteiger partial charge in [0.25, 0.3) is 0 Å². The van der Waals surface area contributed by atoms with Crippen LogP contribution in [0.4, 0.5) is 0 Å². The molecule has 0 aliphatic rings. The second kappa shape index (κ2) is 2.47. The summed E-state index contributed by atoms with van der Waals surface area (Å²) < 4.78 is 4.84. The summed E-state index contributed by atoms with van der Waals surface area (Å²) in [6.45, 7) is 1.68. The van der Waals surface area contributed by atoms with Crippen LogP contribution >= 0.6 is 0 Å². The van der Waals surface area contributed by atoms with Crippen molar-refractivity contribution in [3.05, 3.63) is 24.9 Å². The molecule has 1 rings (SSSR count). The van der Waals surface area contributed by atoms with Gasteiger partial charge in [0.1, 0.15) is 12.8 Å². The number of hydrogen-bond acceptors (Lipinski definition) is 3. The number of nitrogens with zero attached hydrogens (tertiary/aromatic N) is 1. The van der Waals surface area contributed by atoms with Gasteiger partial charge in [0.2, 0.25) is 5.89 Å². The first kappa shape index (κ1) is 5.31. The average molecular weight is 111 g/mol. The van der Waals surface area contributed by atoms with Crippen molar-refractivity contribution >= 4 is 0 Å². The largest absolute Gasteiger partial charge is 0.447 e. The highest BCUT2D eigenvalue weighted by Gasteiger charge is 1.90. The Kier molecular flexibility index (Phi) is 1.64. The Balaban J connectivity index is 2.50. The van der Waals surface area contributed by atoms with Gasteiger partial charge in [-0.25, -0.2) is 4.98 Å². The Morgan fingerprint density at radius 1 is 1.88 bits per heavy atom. The Bertz CT molecular complexity index is 136. The van der Waals surface area contributed by atoms with E-state index >= 15 is 0 Å². The molecule has 0 unspecified atom stereocenters. The number of rotatable bonds is 2. The van der Waals surface area contributed by atoms with E-state index < -0.39 is 0 Å². The molecular formula is C5H7N2O. The lowest BCUT2D eigenvalue weighted by Gasteiger charge is -1.86. The van der Waals surface area contributed by atoms with Crippen LogP contribution in [0.2, 0.25) is 0 Å². The molecule has 3 nitrogen and oxygen atoms in total. The van der Waals surface area contributed by atoms with E-state index in [4.69, 9.17) is 4.42 Å². The van der Waals surface area contributed by atoms with E-state index in [-0.39, 0.29) is 0 Å². The Morgan fingerprint density at radius 3 is 3.25 bits per heavy atom. The topological polar surface area (TPSA) is 38.1 Å². The average Bonchev–Trinajstić information content (AvgIpc) is 2.19. The number of hydrogen-bond donors (Lipinski definition) is 1. The first-order chi connectivity index (χ1) is 3.93. The summed E-state index contributed by atoms with van der Waals surface area (Å²) in [5, 5.41) is 2.79. The molecule has 3 heteroatoms. The van der Waals surface area contributed by atoms with Crippen molar-refractivity contribution in [2.45, 2.75) is 0 Å². The molecule has 0 aromatic carbocycles. The Morgan fingerprint density at radius 2 is 2.75 bits per heavy atom. The van der Waals surface area contributed by atoms with E-state index in [0.717, 1.165) is 0 Å². The fourth-order valence-corrected chi connectivity index (χ4v) is 0.429. The lowest BCUT2D eigenvalue weighted by atomic mass is 10.6. The molecule has 0 bridgehead atoms. The summed E-state index contributed by atoms with van der Waals surface area (Å²) >= 11 is 0.